The summed E-state index contributed by atoms with van der Waals surface area (Å²) in [6.07, 6.45) is 1.63. The zero-order valence-corrected chi connectivity index (χ0v) is 10.2. The van der Waals surface area contributed by atoms with Gasteiger partial charge in [-0.1, -0.05) is 28.9 Å². The minimum atomic E-state index is -0.627. The molecule has 1 fully saturated rings. The number of amides is 1. The summed E-state index contributed by atoms with van der Waals surface area (Å²) in [4.78, 5) is 16.2. The van der Waals surface area contributed by atoms with Gasteiger partial charge in [0.25, 0.3) is 0 Å². The van der Waals surface area contributed by atoms with Crippen LogP contribution in [0, 0.1) is 5.92 Å². The summed E-state index contributed by atoms with van der Waals surface area (Å²) in [6, 6.07) is 6.95. The molecule has 0 bridgehead atoms. The molecule has 2 rings (SSSR count). The molecule has 17 heavy (non-hydrogen) atoms. The standard InChI is InChI=1S/C12H13ClN2O2/c1-8(9-6-7-9)15-17-12(16)14-11-5-3-2-4-10(11)13/h2-5,9H,6-7H2,1H3,(H,14,16)/b15-8+. The molecular formula is C12H13ClN2O2. The molecule has 0 heterocycles. The van der Waals surface area contributed by atoms with Crippen LogP contribution >= 0.6 is 11.6 Å². The van der Waals surface area contributed by atoms with E-state index in [0.717, 1.165) is 18.6 Å². The van der Waals surface area contributed by atoms with Crippen LogP contribution in [0.25, 0.3) is 0 Å². The average Bonchev–Trinajstić information content (AvgIpc) is 3.13. The fraction of sp³-hybridized carbons (Fsp3) is 0.333. The fourth-order valence-electron chi connectivity index (χ4n) is 1.38. The largest absolute Gasteiger partial charge is 0.437 e. The molecule has 90 valence electrons. The van der Waals surface area contributed by atoms with Crippen molar-refractivity contribution in [1.29, 1.82) is 0 Å². The Balaban J connectivity index is 1.89. The Kier molecular flexibility index (Phi) is 3.64. The summed E-state index contributed by atoms with van der Waals surface area (Å²) in [7, 11) is 0. The van der Waals surface area contributed by atoms with E-state index in [0.29, 0.717) is 16.6 Å². The second-order valence-electron chi connectivity index (χ2n) is 3.99. The van der Waals surface area contributed by atoms with Gasteiger partial charge in [0.15, 0.2) is 0 Å². The second kappa shape index (κ2) is 5.19. The fourth-order valence-corrected chi connectivity index (χ4v) is 1.57. The second-order valence-corrected chi connectivity index (χ2v) is 4.40. The normalized spacial score (nSPS) is 15.5. The third-order valence-corrected chi connectivity index (χ3v) is 2.88. The van der Waals surface area contributed by atoms with Gasteiger partial charge < -0.3 is 0 Å². The number of rotatable bonds is 3. The summed E-state index contributed by atoms with van der Waals surface area (Å²) < 4.78 is 0. The van der Waals surface area contributed by atoms with Crippen LogP contribution in [-0.2, 0) is 4.84 Å². The van der Waals surface area contributed by atoms with Gasteiger partial charge in [-0.2, -0.15) is 0 Å². The molecule has 5 heteroatoms. The molecule has 0 atom stereocenters. The molecule has 1 amide bonds. The lowest BCUT2D eigenvalue weighted by molar-refractivity contribution is 0.166. The number of benzene rings is 1. The van der Waals surface area contributed by atoms with Crippen molar-refractivity contribution < 1.29 is 9.63 Å². The van der Waals surface area contributed by atoms with E-state index in [1.807, 2.05) is 6.92 Å². The van der Waals surface area contributed by atoms with Crippen molar-refractivity contribution in [3.8, 4) is 0 Å². The predicted molar refractivity (Wildman–Crippen MR) is 67.4 cm³/mol. The van der Waals surface area contributed by atoms with E-state index < -0.39 is 6.09 Å². The van der Waals surface area contributed by atoms with Gasteiger partial charge in [-0.3, -0.25) is 10.2 Å². The van der Waals surface area contributed by atoms with E-state index in [4.69, 9.17) is 16.4 Å². The Bertz CT molecular complexity index is 456. The zero-order chi connectivity index (χ0) is 12.3. The molecular weight excluding hydrogens is 240 g/mol. The average molecular weight is 253 g/mol. The number of nitrogens with one attached hydrogen (secondary N) is 1. The van der Waals surface area contributed by atoms with E-state index in [9.17, 15) is 4.79 Å². The van der Waals surface area contributed by atoms with Crippen LogP contribution in [0.3, 0.4) is 0 Å². The lowest BCUT2D eigenvalue weighted by Crippen LogP contribution is -2.12. The van der Waals surface area contributed by atoms with Crippen LogP contribution in [0.2, 0.25) is 5.02 Å². The van der Waals surface area contributed by atoms with E-state index in [-0.39, 0.29) is 0 Å². The molecule has 0 radical (unpaired) electrons. The molecule has 0 spiro atoms. The predicted octanol–water partition coefficient (Wildman–Crippen LogP) is 3.67. The number of halogens is 1. The van der Waals surface area contributed by atoms with Crippen LogP contribution in [0.1, 0.15) is 19.8 Å². The van der Waals surface area contributed by atoms with Crippen LogP contribution in [0.5, 0.6) is 0 Å². The first kappa shape index (κ1) is 11.9. The summed E-state index contributed by atoms with van der Waals surface area (Å²) >= 11 is 5.89. The third kappa shape index (κ3) is 3.46. The topological polar surface area (TPSA) is 50.7 Å². The van der Waals surface area contributed by atoms with Gasteiger partial charge in [0.2, 0.25) is 0 Å². The molecule has 0 unspecified atom stereocenters. The lowest BCUT2D eigenvalue weighted by atomic mass is 10.3. The Hall–Kier alpha value is -1.55. The summed E-state index contributed by atoms with van der Waals surface area (Å²) in [6.45, 7) is 1.86. The molecule has 0 saturated heterocycles. The van der Waals surface area contributed by atoms with Gasteiger partial charge in [-0.15, -0.1) is 0 Å². The van der Waals surface area contributed by atoms with E-state index in [1.54, 1.807) is 24.3 Å². The van der Waals surface area contributed by atoms with Gasteiger partial charge in [0, 0.05) is 5.92 Å². The van der Waals surface area contributed by atoms with Crippen molar-refractivity contribution in [2.45, 2.75) is 19.8 Å². The molecule has 4 nitrogen and oxygen atoms in total. The maximum atomic E-state index is 11.4. The summed E-state index contributed by atoms with van der Waals surface area (Å²) in [5, 5.41) is 6.76. The van der Waals surface area contributed by atoms with Crippen LogP contribution in [0.4, 0.5) is 10.5 Å². The van der Waals surface area contributed by atoms with Crippen molar-refractivity contribution in [1.82, 2.24) is 0 Å². The number of carbonyl (C=O) groups excluding carboxylic acids is 1. The Morgan fingerprint density at radius 1 is 1.47 bits per heavy atom. The first-order valence-corrected chi connectivity index (χ1v) is 5.81. The SMILES string of the molecule is C/C(=N\OC(=O)Nc1ccccc1Cl)C1CC1. The minimum absolute atomic E-state index is 0.465. The molecule has 1 aliphatic rings. The highest BCUT2D eigenvalue weighted by atomic mass is 35.5. The van der Waals surface area contributed by atoms with Crippen molar-refractivity contribution in [2.75, 3.05) is 5.32 Å². The molecule has 0 aliphatic heterocycles. The van der Waals surface area contributed by atoms with Gasteiger partial charge >= 0.3 is 6.09 Å². The monoisotopic (exact) mass is 252 g/mol. The van der Waals surface area contributed by atoms with Crippen molar-refractivity contribution in [2.24, 2.45) is 11.1 Å². The number of nitrogens with zero attached hydrogens (tertiary/aromatic N) is 1. The first-order valence-electron chi connectivity index (χ1n) is 5.44. The number of carbonyl (C=O) groups is 1. The summed E-state index contributed by atoms with van der Waals surface area (Å²) in [5.74, 6) is 0.489. The maximum absolute atomic E-state index is 11.4. The van der Waals surface area contributed by atoms with E-state index >= 15 is 0 Å². The van der Waals surface area contributed by atoms with Crippen LogP contribution in [0.15, 0.2) is 29.4 Å². The van der Waals surface area contributed by atoms with Gasteiger partial charge in [-0.05, 0) is 31.9 Å². The van der Waals surface area contributed by atoms with E-state index in [2.05, 4.69) is 10.5 Å². The molecule has 1 saturated carbocycles. The molecule has 1 aromatic carbocycles. The number of hydrogen-bond donors (Lipinski definition) is 1. The number of hydrogen-bond acceptors (Lipinski definition) is 3. The van der Waals surface area contributed by atoms with Crippen molar-refractivity contribution in [3.63, 3.8) is 0 Å². The zero-order valence-electron chi connectivity index (χ0n) is 9.44. The smallest absolute Gasteiger partial charge is 0.298 e. The first-order chi connectivity index (χ1) is 8.16. The van der Waals surface area contributed by atoms with Crippen molar-refractivity contribution >= 4 is 29.1 Å². The quantitative estimate of drug-likeness (QED) is 0.507. The number of anilines is 1. The van der Waals surface area contributed by atoms with E-state index in [1.165, 1.54) is 0 Å². The van der Waals surface area contributed by atoms with Crippen molar-refractivity contribution in [3.05, 3.63) is 29.3 Å². The molecule has 1 N–H and O–H groups in total. The highest BCUT2D eigenvalue weighted by Gasteiger charge is 2.25. The third-order valence-electron chi connectivity index (χ3n) is 2.55. The van der Waals surface area contributed by atoms with Crippen LogP contribution in [-0.4, -0.2) is 11.8 Å². The van der Waals surface area contributed by atoms with Gasteiger partial charge in [0.05, 0.1) is 16.4 Å². The Morgan fingerprint density at radius 3 is 2.82 bits per heavy atom. The molecule has 1 aromatic rings. The van der Waals surface area contributed by atoms with Gasteiger partial charge in [-0.25, -0.2) is 4.79 Å². The Morgan fingerprint density at radius 2 is 2.18 bits per heavy atom. The van der Waals surface area contributed by atoms with Crippen LogP contribution < -0.4 is 5.32 Å². The minimum Gasteiger partial charge on any atom is -0.298 e. The lowest BCUT2D eigenvalue weighted by Gasteiger charge is -2.04. The summed E-state index contributed by atoms with van der Waals surface area (Å²) in [5.41, 5.74) is 1.37. The number of para-hydroxylation sites is 1. The number of oxime groups is 1. The maximum Gasteiger partial charge on any atom is 0.437 e. The van der Waals surface area contributed by atoms with Gasteiger partial charge in [0.1, 0.15) is 0 Å². The molecule has 0 aromatic heterocycles. The molecule has 1 aliphatic carbocycles. The highest BCUT2D eigenvalue weighted by Crippen LogP contribution is 2.30. The Labute approximate surface area is 105 Å². The highest BCUT2D eigenvalue weighted by molar-refractivity contribution is 6.33.